The van der Waals surface area contributed by atoms with E-state index >= 15 is 0 Å². The predicted molar refractivity (Wildman–Crippen MR) is 59.2 cm³/mol. The number of aryl methyl sites for hydroxylation is 2. The SMILES string of the molecule is COc1cc(C)c(S(=O)(=O)C(N)=O)cc1C. The Balaban J connectivity index is 3.49. The number of rotatable bonds is 2. The Morgan fingerprint density at radius 2 is 1.81 bits per heavy atom. The minimum Gasteiger partial charge on any atom is -0.496 e. The average Bonchev–Trinajstić information content (AvgIpc) is 2.20. The lowest BCUT2D eigenvalue weighted by molar-refractivity contribution is 0.265. The van der Waals surface area contributed by atoms with E-state index in [0.717, 1.165) is 0 Å². The van der Waals surface area contributed by atoms with Crippen LogP contribution in [-0.4, -0.2) is 20.8 Å². The second kappa shape index (κ2) is 4.13. The third kappa shape index (κ3) is 2.01. The highest BCUT2D eigenvalue weighted by Gasteiger charge is 2.24. The van der Waals surface area contributed by atoms with E-state index in [-0.39, 0.29) is 4.90 Å². The van der Waals surface area contributed by atoms with E-state index in [1.165, 1.54) is 13.2 Å². The standard InChI is InChI=1S/C10H13NO4S/c1-6-5-9(16(13,14)10(11)12)7(2)4-8(6)15-3/h4-5H,1-3H3,(H2,11,12). The van der Waals surface area contributed by atoms with Gasteiger partial charge < -0.3 is 10.5 Å². The van der Waals surface area contributed by atoms with E-state index in [1.54, 1.807) is 19.9 Å². The summed E-state index contributed by atoms with van der Waals surface area (Å²) in [7, 11) is -2.58. The van der Waals surface area contributed by atoms with Crippen molar-refractivity contribution in [1.29, 1.82) is 0 Å². The molecule has 5 nitrogen and oxygen atoms in total. The highest BCUT2D eigenvalue weighted by atomic mass is 32.2. The second-order valence-corrected chi connectivity index (χ2v) is 5.26. The number of primary amides is 1. The number of amides is 1. The van der Waals surface area contributed by atoms with Gasteiger partial charge in [0.1, 0.15) is 5.75 Å². The number of methoxy groups -OCH3 is 1. The first-order chi connectivity index (χ1) is 7.30. The van der Waals surface area contributed by atoms with Gasteiger partial charge in [0, 0.05) is 0 Å². The van der Waals surface area contributed by atoms with Gasteiger partial charge in [0.15, 0.2) is 0 Å². The molecule has 0 heterocycles. The van der Waals surface area contributed by atoms with Crippen molar-refractivity contribution in [3.05, 3.63) is 23.3 Å². The highest BCUT2D eigenvalue weighted by Crippen LogP contribution is 2.26. The van der Waals surface area contributed by atoms with Crippen LogP contribution in [0, 0.1) is 13.8 Å². The molecule has 2 N–H and O–H groups in total. The molecule has 1 rings (SSSR count). The number of hydrogen-bond acceptors (Lipinski definition) is 4. The fourth-order valence-electron chi connectivity index (χ4n) is 1.38. The van der Waals surface area contributed by atoms with E-state index in [1.807, 2.05) is 0 Å². The van der Waals surface area contributed by atoms with Crippen molar-refractivity contribution in [3.8, 4) is 5.75 Å². The van der Waals surface area contributed by atoms with Crippen LogP contribution in [0.5, 0.6) is 5.75 Å². The molecule has 0 spiro atoms. The summed E-state index contributed by atoms with van der Waals surface area (Å²) in [5.41, 5.74) is 5.90. The van der Waals surface area contributed by atoms with Gasteiger partial charge in [-0.05, 0) is 37.1 Å². The molecule has 0 radical (unpaired) electrons. The summed E-state index contributed by atoms with van der Waals surface area (Å²) in [6.45, 7) is 3.27. The summed E-state index contributed by atoms with van der Waals surface area (Å²) in [6.07, 6.45) is 0. The molecular formula is C10H13NO4S. The number of hydrogen-bond donors (Lipinski definition) is 1. The first kappa shape index (κ1) is 12.5. The summed E-state index contributed by atoms with van der Waals surface area (Å²) in [5, 5.41) is -1.35. The molecule has 0 aliphatic rings. The minimum absolute atomic E-state index is 0.0710. The zero-order valence-corrected chi connectivity index (χ0v) is 10.1. The molecule has 0 bridgehead atoms. The molecule has 1 aromatic rings. The topological polar surface area (TPSA) is 86.5 Å². The quantitative estimate of drug-likeness (QED) is 0.844. The summed E-state index contributed by atoms with van der Waals surface area (Å²) in [5.74, 6) is 0.570. The molecule has 0 saturated heterocycles. The van der Waals surface area contributed by atoms with Crippen LogP contribution in [0.2, 0.25) is 0 Å². The number of carbonyl (C=O) groups is 1. The largest absolute Gasteiger partial charge is 0.496 e. The van der Waals surface area contributed by atoms with E-state index in [4.69, 9.17) is 10.5 Å². The average molecular weight is 243 g/mol. The first-order valence-corrected chi connectivity index (χ1v) is 5.98. The van der Waals surface area contributed by atoms with Crippen LogP contribution >= 0.6 is 0 Å². The molecule has 0 atom stereocenters. The number of carbonyl (C=O) groups excluding carboxylic acids is 1. The lowest BCUT2D eigenvalue weighted by Crippen LogP contribution is -2.22. The van der Waals surface area contributed by atoms with Crippen LogP contribution in [0.25, 0.3) is 0 Å². The van der Waals surface area contributed by atoms with Crippen molar-refractivity contribution in [2.75, 3.05) is 7.11 Å². The Morgan fingerprint density at radius 1 is 1.25 bits per heavy atom. The molecule has 6 heteroatoms. The van der Waals surface area contributed by atoms with Crippen molar-refractivity contribution in [2.45, 2.75) is 18.7 Å². The van der Waals surface area contributed by atoms with E-state index in [2.05, 4.69) is 0 Å². The van der Waals surface area contributed by atoms with Gasteiger partial charge >= 0.3 is 5.24 Å². The third-order valence-electron chi connectivity index (χ3n) is 2.25. The maximum absolute atomic E-state index is 11.6. The maximum atomic E-state index is 11.6. The van der Waals surface area contributed by atoms with Gasteiger partial charge in [-0.2, -0.15) is 0 Å². The zero-order valence-electron chi connectivity index (χ0n) is 9.27. The molecule has 0 unspecified atom stereocenters. The van der Waals surface area contributed by atoms with Gasteiger partial charge in [-0.1, -0.05) is 0 Å². The lowest BCUT2D eigenvalue weighted by atomic mass is 10.1. The van der Waals surface area contributed by atoms with Gasteiger partial charge in [0.05, 0.1) is 12.0 Å². The molecule has 0 aromatic heterocycles. The maximum Gasteiger partial charge on any atom is 0.338 e. The molecule has 0 fully saturated rings. The molecular weight excluding hydrogens is 230 g/mol. The van der Waals surface area contributed by atoms with Crippen LogP contribution in [0.4, 0.5) is 4.79 Å². The fraction of sp³-hybridized carbons (Fsp3) is 0.300. The normalized spacial score (nSPS) is 11.2. The number of ether oxygens (including phenoxy) is 1. The molecule has 88 valence electrons. The van der Waals surface area contributed by atoms with Crippen molar-refractivity contribution in [1.82, 2.24) is 0 Å². The fourth-order valence-corrected chi connectivity index (χ4v) is 2.41. The summed E-state index contributed by atoms with van der Waals surface area (Å²) >= 11 is 0. The monoisotopic (exact) mass is 243 g/mol. The summed E-state index contributed by atoms with van der Waals surface area (Å²) < 4.78 is 28.2. The van der Waals surface area contributed by atoms with Crippen molar-refractivity contribution < 1.29 is 17.9 Å². The van der Waals surface area contributed by atoms with Gasteiger partial charge in [0.25, 0.3) is 9.84 Å². The van der Waals surface area contributed by atoms with E-state index in [0.29, 0.717) is 16.9 Å². The van der Waals surface area contributed by atoms with Crippen LogP contribution in [-0.2, 0) is 9.84 Å². The van der Waals surface area contributed by atoms with Gasteiger partial charge in [0.2, 0.25) is 0 Å². The number of nitrogens with two attached hydrogens (primary N) is 1. The summed E-state index contributed by atoms with van der Waals surface area (Å²) in [4.78, 5) is 10.8. The van der Waals surface area contributed by atoms with Crippen molar-refractivity contribution in [3.63, 3.8) is 0 Å². The van der Waals surface area contributed by atoms with Crippen LogP contribution in [0.15, 0.2) is 17.0 Å². The molecule has 16 heavy (non-hydrogen) atoms. The molecule has 0 aliphatic carbocycles. The van der Waals surface area contributed by atoms with E-state index in [9.17, 15) is 13.2 Å². The smallest absolute Gasteiger partial charge is 0.338 e. The van der Waals surface area contributed by atoms with Gasteiger partial charge in [-0.15, -0.1) is 0 Å². The summed E-state index contributed by atoms with van der Waals surface area (Å²) in [6, 6.07) is 2.94. The number of benzene rings is 1. The minimum atomic E-state index is -4.07. The van der Waals surface area contributed by atoms with Crippen molar-refractivity contribution in [2.24, 2.45) is 5.73 Å². The van der Waals surface area contributed by atoms with E-state index < -0.39 is 15.1 Å². The Morgan fingerprint density at radius 3 is 2.25 bits per heavy atom. The van der Waals surface area contributed by atoms with Crippen molar-refractivity contribution >= 4 is 15.1 Å². The zero-order chi connectivity index (χ0) is 12.5. The van der Waals surface area contributed by atoms with Gasteiger partial charge in [-0.25, -0.2) is 8.42 Å². The van der Waals surface area contributed by atoms with Gasteiger partial charge in [-0.3, -0.25) is 4.79 Å². The number of sulfone groups is 1. The third-order valence-corrected chi connectivity index (χ3v) is 3.80. The Labute approximate surface area is 94.1 Å². The Hall–Kier alpha value is -1.56. The van der Waals surface area contributed by atoms with Crippen LogP contribution in [0.1, 0.15) is 11.1 Å². The molecule has 1 amide bonds. The first-order valence-electron chi connectivity index (χ1n) is 4.50. The molecule has 0 saturated carbocycles. The highest BCUT2D eigenvalue weighted by molar-refractivity contribution is 8.06. The predicted octanol–water partition coefficient (Wildman–Crippen LogP) is 1.16. The molecule has 0 aliphatic heterocycles. The van der Waals surface area contributed by atoms with Crippen LogP contribution < -0.4 is 10.5 Å². The lowest BCUT2D eigenvalue weighted by Gasteiger charge is -2.10. The Bertz CT molecular complexity index is 534. The Kier molecular flexibility index (Phi) is 3.23. The molecule has 1 aromatic carbocycles. The van der Waals surface area contributed by atoms with Crippen LogP contribution in [0.3, 0.4) is 0 Å². The second-order valence-electron chi connectivity index (χ2n) is 3.41.